The minimum absolute atomic E-state index is 0.516. The average molecular weight is 165 g/mol. The molecule has 2 aliphatic rings. The van der Waals surface area contributed by atoms with Crippen LogP contribution in [0.5, 0.6) is 0 Å². The van der Waals surface area contributed by atoms with Crippen LogP contribution in [0, 0.1) is 0 Å². The van der Waals surface area contributed by atoms with Gasteiger partial charge in [0.25, 0.3) is 0 Å². The molecule has 0 radical (unpaired) electrons. The zero-order valence-electron chi connectivity index (χ0n) is 7.91. The van der Waals surface area contributed by atoms with Gasteiger partial charge in [0.1, 0.15) is 0 Å². The van der Waals surface area contributed by atoms with Crippen molar-refractivity contribution < 1.29 is 0 Å². The van der Waals surface area contributed by atoms with Crippen molar-refractivity contribution in [3.05, 3.63) is 11.8 Å². The highest BCUT2D eigenvalue weighted by molar-refractivity contribution is 5.84. The lowest BCUT2D eigenvalue weighted by Crippen LogP contribution is -2.39. The largest absolute Gasteiger partial charge is 0.344 e. The van der Waals surface area contributed by atoms with Crippen molar-refractivity contribution in [1.29, 1.82) is 0 Å². The van der Waals surface area contributed by atoms with Crippen molar-refractivity contribution in [1.82, 2.24) is 9.80 Å². The number of likely N-dealkylation sites (N-methyl/N-ethyl adjacent to an activating group) is 1. The van der Waals surface area contributed by atoms with Crippen molar-refractivity contribution in [2.24, 2.45) is 4.99 Å². The highest BCUT2D eigenvalue weighted by atomic mass is 15.4. The number of hydrogen-bond acceptors (Lipinski definition) is 3. The first kappa shape index (κ1) is 7.65. The Morgan fingerprint density at radius 2 is 2.25 bits per heavy atom. The van der Waals surface area contributed by atoms with E-state index >= 15 is 0 Å². The summed E-state index contributed by atoms with van der Waals surface area (Å²) in [6.45, 7) is 6.49. The molecule has 3 heteroatoms. The fourth-order valence-electron chi connectivity index (χ4n) is 1.85. The van der Waals surface area contributed by atoms with E-state index in [1.165, 1.54) is 0 Å². The lowest BCUT2D eigenvalue weighted by atomic mass is 10.2. The normalized spacial score (nSPS) is 28.4. The van der Waals surface area contributed by atoms with E-state index in [1.54, 1.807) is 0 Å². The zero-order chi connectivity index (χ0) is 8.72. The molecular weight excluding hydrogens is 150 g/mol. The Morgan fingerprint density at radius 1 is 1.50 bits per heavy atom. The molecule has 1 atom stereocenters. The van der Waals surface area contributed by atoms with Gasteiger partial charge in [-0.2, -0.15) is 0 Å². The van der Waals surface area contributed by atoms with Gasteiger partial charge in [-0.25, -0.2) is 4.99 Å². The first-order chi connectivity index (χ1) is 5.68. The van der Waals surface area contributed by atoms with Crippen LogP contribution in [0.4, 0.5) is 0 Å². The number of guanidine groups is 1. The fourth-order valence-corrected chi connectivity index (χ4v) is 1.85. The highest BCUT2D eigenvalue weighted by Crippen LogP contribution is 2.19. The summed E-state index contributed by atoms with van der Waals surface area (Å²) in [5.74, 6) is 1.14. The van der Waals surface area contributed by atoms with Gasteiger partial charge in [0.05, 0.1) is 0 Å². The quantitative estimate of drug-likeness (QED) is 0.531. The van der Waals surface area contributed by atoms with Crippen LogP contribution >= 0.6 is 0 Å². The summed E-state index contributed by atoms with van der Waals surface area (Å²) in [6.07, 6.45) is 2.21. The van der Waals surface area contributed by atoms with Gasteiger partial charge in [-0.3, -0.25) is 0 Å². The predicted molar refractivity (Wildman–Crippen MR) is 50.0 cm³/mol. The van der Waals surface area contributed by atoms with E-state index in [2.05, 4.69) is 41.8 Å². The van der Waals surface area contributed by atoms with E-state index in [-0.39, 0.29) is 0 Å². The summed E-state index contributed by atoms with van der Waals surface area (Å²) in [5, 5.41) is 0. The predicted octanol–water partition coefficient (Wildman–Crippen LogP) is 0.896. The fraction of sp³-hybridized carbons (Fsp3) is 0.667. The standard InChI is InChI=1S/C9H15N3/c1-7-6-8(2)12-5-4-11(3)9(12)10-7/h6,8H,4-5H2,1-3H3. The van der Waals surface area contributed by atoms with Crippen LogP contribution in [-0.4, -0.2) is 41.9 Å². The second kappa shape index (κ2) is 2.51. The van der Waals surface area contributed by atoms with Crippen molar-refractivity contribution in [2.75, 3.05) is 20.1 Å². The summed E-state index contributed by atoms with van der Waals surface area (Å²) in [5.41, 5.74) is 1.14. The molecular formula is C9H15N3. The van der Waals surface area contributed by atoms with Gasteiger partial charge in [0, 0.05) is 31.9 Å². The molecule has 0 amide bonds. The molecule has 0 aliphatic carbocycles. The van der Waals surface area contributed by atoms with Gasteiger partial charge in [-0.05, 0) is 19.9 Å². The van der Waals surface area contributed by atoms with Crippen LogP contribution < -0.4 is 0 Å². The number of nitrogens with zero attached hydrogens (tertiary/aromatic N) is 3. The van der Waals surface area contributed by atoms with Gasteiger partial charge in [0.15, 0.2) is 0 Å². The van der Waals surface area contributed by atoms with Crippen LogP contribution in [0.3, 0.4) is 0 Å². The number of fused-ring (bicyclic) bond motifs is 1. The number of aliphatic imine (C=N–C) groups is 1. The maximum absolute atomic E-state index is 4.51. The Hall–Kier alpha value is -0.990. The second-order valence-electron chi connectivity index (χ2n) is 3.58. The average Bonchev–Trinajstić information content (AvgIpc) is 2.33. The summed E-state index contributed by atoms with van der Waals surface area (Å²) in [7, 11) is 2.10. The van der Waals surface area contributed by atoms with E-state index in [9.17, 15) is 0 Å². The molecule has 0 N–H and O–H groups in total. The molecule has 2 aliphatic heterocycles. The van der Waals surface area contributed by atoms with Gasteiger partial charge in [-0.1, -0.05) is 0 Å². The van der Waals surface area contributed by atoms with Crippen LogP contribution in [-0.2, 0) is 0 Å². The molecule has 1 fully saturated rings. The Labute approximate surface area is 73.4 Å². The Bertz CT molecular complexity index is 254. The molecule has 3 nitrogen and oxygen atoms in total. The van der Waals surface area contributed by atoms with Gasteiger partial charge in [0.2, 0.25) is 5.96 Å². The molecule has 0 spiro atoms. The highest BCUT2D eigenvalue weighted by Gasteiger charge is 2.28. The Morgan fingerprint density at radius 3 is 3.00 bits per heavy atom. The summed E-state index contributed by atoms with van der Waals surface area (Å²) in [4.78, 5) is 9.06. The maximum atomic E-state index is 4.51. The summed E-state index contributed by atoms with van der Waals surface area (Å²) in [6, 6.07) is 0.516. The van der Waals surface area contributed by atoms with Crippen LogP contribution in [0.25, 0.3) is 0 Å². The monoisotopic (exact) mass is 165 g/mol. The SMILES string of the molecule is CC1=CC(C)N2CCN(C)C2=N1. The Kier molecular flexibility index (Phi) is 1.60. The van der Waals surface area contributed by atoms with Crippen LogP contribution in [0.15, 0.2) is 16.8 Å². The number of hydrogen-bond donors (Lipinski definition) is 0. The zero-order valence-corrected chi connectivity index (χ0v) is 7.91. The lowest BCUT2D eigenvalue weighted by molar-refractivity contribution is 0.406. The molecule has 0 bridgehead atoms. The van der Waals surface area contributed by atoms with Crippen molar-refractivity contribution in [2.45, 2.75) is 19.9 Å². The molecule has 66 valence electrons. The van der Waals surface area contributed by atoms with Crippen molar-refractivity contribution in [3.8, 4) is 0 Å². The van der Waals surface area contributed by atoms with E-state index < -0.39 is 0 Å². The molecule has 0 saturated carbocycles. The molecule has 0 aromatic rings. The third kappa shape index (κ3) is 1.00. The van der Waals surface area contributed by atoms with E-state index in [0.717, 1.165) is 24.7 Å². The smallest absolute Gasteiger partial charge is 0.201 e. The van der Waals surface area contributed by atoms with E-state index in [4.69, 9.17) is 0 Å². The molecule has 0 aromatic heterocycles. The maximum Gasteiger partial charge on any atom is 0.201 e. The number of allylic oxidation sites excluding steroid dienone is 1. The molecule has 1 unspecified atom stereocenters. The van der Waals surface area contributed by atoms with Crippen LogP contribution in [0.2, 0.25) is 0 Å². The minimum Gasteiger partial charge on any atom is -0.344 e. The third-order valence-electron chi connectivity index (χ3n) is 2.53. The minimum atomic E-state index is 0.516. The van der Waals surface area contributed by atoms with Gasteiger partial charge in [-0.15, -0.1) is 0 Å². The summed E-state index contributed by atoms with van der Waals surface area (Å²) >= 11 is 0. The first-order valence-electron chi connectivity index (χ1n) is 4.43. The van der Waals surface area contributed by atoms with Crippen molar-refractivity contribution in [3.63, 3.8) is 0 Å². The number of rotatable bonds is 0. The summed E-state index contributed by atoms with van der Waals surface area (Å²) < 4.78 is 0. The second-order valence-corrected chi connectivity index (χ2v) is 3.58. The van der Waals surface area contributed by atoms with Crippen molar-refractivity contribution >= 4 is 5.96 Å². The Balaban J connectivity index is 2.32. The third-order valence-corrected chi connectivity index (χ3v) is 2.53. The van der Waals surface area contributed by atoms with Gasteiger partial charge < -0.3 is 9.80 Å². The van der Waals surface area contributed by atoms with E-state index in [1.807, 2.05) is 0 Å². The lowest BCUT2D eigenvalue weighted by Gasteiger charge is -2.28. The first-order valence-corrected chi connectivity index (χ1v) is 4.43. The van der Waals surface area contributed by atoms with Gasteiger partial charge >= 0.3 is 0 Å². The molecule has 0 aromatic carbocycles. The van der Waals surface area contributed by atoms with Crippen LogP contribution in [0.1, 0.15) is 13.8 Å². The molecule has 2 heterocycles. The molecule has 1 saturated heterocycles. The molecule has 2 rings (SSSR count). The molecule has 12 heavy (non-hydrogen) atoms. The van der Waals surface area contributed by atoms with E-state index in [0.29, 0.717) is 6.04 Å². The topological polar surface area (TPSA) is 18.8 Å².